The number of alkyl halides is 3. The Morgan fingerprint density at radius 1 is 1.28 bits per heavy atom. The average molecular weight is 352 g/mol. The van der Waals surface area contributed by atoms with Gasteiger partial charge in [0.25, 0.3) is 0 Å². The van der Waals surface area contributed by atoms with E-state index in [2.05, 4.69) is 15.4 Å². The molecule has 25 heavy (non-hydrogen) atoms. The zero-order chi connectivity index (χ0) is 17.9. The minimum absolute atomic E-state index is 0.103. The molecular weight excluding hydrogens is 333 g/mol. The lowest BCUT2D eigenvalue weighted by molar-refractivity contribution is -0.185. The van der Waals surface area contributed by atoms with Crippen molar-refractivity contribution in [2.45, 2.75) is 38.4 Å². The zero-order valence-electron chi connectivity index (χ0n) is 13.5. The number of amides is 1. The fourth-order valence-electron chi connectivity index (χ4n) is 3.13. The van der Waals surface area contributed by atoms with Crippen LogP contribution in [0.25, 0.3) is 0 Å². The molecule has 0 saturated heterocycles. The van der Waals surface area contributed by atoms with E-state index in [1.54, 1.807) is 23.1 Å². The molecule has 2 atom stereocenters. The van der Waals surface area contributed by atoms with E-state index in [1.165, 1.54) is 0 Å². The normalized spacial score (nSPS) is 21.1. The van der Waals surface area contributed by atoms with Crippen molar-refractivity contribution in [1.82, 2.24) is 14.8 Å². The number of hydrogen-bond donors (Lipinski definition) is 1. The van der Waals surface area contributed by atoms with E-state index in [1.807, 2.05) is 18.2 Å². The second-order valence-electron chi connectivity index (χ2n) is 6.31. The van der Waals surface area contributed by atoms with E-state index in [0.29, 0.717) is 25.2 Å². The van der Waals surface area contributed by atoms with Gasteiger partial charge in [-0.25, -0.2) is 0 Å². The van der Waals surface area contributed by atoms with Crippen molar-refractivity contribution in [2.75, 3.05) is 5.32 Å². The van der Waals surface area contributed by atoms with Gasteiger partial charge in [-0.2, -0.15) is 18.3 Å². The van der Waals surface area contributed by atoms with Crippen LogP contribution in [0.1, 0.15) is 31.4 Å². The van der Waals surface area contributed by atoms with Gasteiger partial charge in [0.2, 0.25) is 5.91 Å². The van der Waals surface area contributed by atoms with E-state index in [0.717, 1.165) is 5.69 Å². The van der Waals surface area contributed by atoms with E-state index in [9.17, 15) is 18.0 Å². The van der Waals surface area contributed by atoms with Crippen molar-refractivity contribution < 1.29 is 18.0 Å². The Bertz CT molecular complexity index is 714. The summed E-state index contributed by atoms with van der Waals surface area (Å²) in [6.45, 7) is 0.455. The van der Waals surface area contributed by atoms with E-state index < -0.39 is 23.9 Å². The minimum Gasteiger partial charge on any atom is -0.309 e. The lowest BCUT2D eigenvalue weighted by Crippen LogP contribution is -2.34. The summed E-state index contributed by atoms with van der Waals surface area (Å²) < 4.78 is 40.2. The van der Waals surface area contributed by atoms with Crippen molar-refractivity contribution in [3.63, 3.8) is 0 Å². The molecule has 8 heteroatoms. The molecule has 1 aliphatic rings. The summed E-state index contributed by atoms with van der Waals surface area (Å²) in [6, 6.07) is 7.18. The van der Waals surface area contributed by atoms with Gasteiger partial charge in [-0.1, -0.05) is 12.5 Å². The first kappa shape index (κ1) is 17.4. The van der Waals surface area contributed by atoms with Crippen molar-refractivity contribution in [1.29, 1.82) is 0 Å². The van der Waals surface area contributed by atoms with Gasteiger partial charge < -0.3 is 5.32 Å². The van der Waals surface area contributed by atoms with Crippen LogP contribution in [0.3, 0.4) is 0 Å². The molecule has 1 N–H and O–H groups in total. The number of halogens is 3. The van der Waals surface area contributed by atoms with Crippen molar-refractivity contribution in [3.05, 3.63) is 42.4 Å². The Morgan fingerprint density at radius 2 is 2.12 bits per heavy atom. The van der Waals surface area contributed by atoms with Crippen LogP contribution < -0.4 is 5.32 Å². The summed E-state index contributed by atoms with van der Waals surface area (Å²) in [7, 11) is 0. The third-order valence-electron chi connectivity index (χ3n) is 4.45. The zero-order valence-corrected chi connectivity index (χ0v) is 13.5. The number of aromatic nitrogens is 3. The number of carbonyl (C=O) groups is 1. The molecule has 2 aromatic heterocycles. The molecule has 0 aliphatic heterocycles. The molecule has 5 nitrogen and oxygen atoms in total. The second-order valence-corrected chi connectivity index (χ2v) is 6.31. The predicted octanol–water partition coefficient (Wildman–Crippen LogP) is 3.63. The van der Waals surface area contributed by atoms with E-state index in [4.69, 9.17) is 0 Å². The molecule has 1 aliphatic carbocycles. The Labute approximate surface area is 143 Å². The van der Waals surface area contributed by atoms with E-state index >= 15 is 0 Å². The summed E-state index contributed by atoms with van der Waals surface area (Å²) in [5.41, 5.74) is 0.823. The molecule has 1 amide bonds. The third kappa shape index (κ3) is 4.58. The van der Waals surface area contributed by atoms with Gasteiger partial charge in [-0.3, -0.25) is 14.5 Å². The second kappa shape index (κ2) is 7.25. The van der Waals surface area contributed by atoms with Crippen LogP contribution in [0.5, 0.6) is 0 Å². The number of pyridine rings is 1. The summed E-state index contributed by atoms with van der Waals surface area (Å²) in [6.07, 6.45) is -0.00600. The molecule has 2 aromatic rings. The van der Waals surface area contributed by atoms with E-state index in [-0.39, 0.29) is 12.8 Å². The topological polar surface area (TPSA) is 59.8 Å². The standard InChI is InChI=1S/C17H19F3N4O/c18-17(19,20)13-5-3-4-12(10-13)16(25)22-15-7-9-24(23-15)11-14-6-1-2-8-21-14/h1-2,6-9,12-13H,3-5,10-11H2,(H,22,23,25)/t12-,13+/m1/s1. The molecule has 0 radical (unpaired) electrons. The Hall–Kier alpha value is -2.38. The smallest absolute Gasteiger partial charge is 0.309 e. The molecule has 0 unspecified atom stereocenters. The number of anilines is 1. The fraction of sp³-hybridized carbons (Fsp3) is 0.471. The highest BCUT2D eigenvalue weighted by atomic mass is 19.4. The lowest BCUT2D eigenvalue weighted by atomic mass is 9.80. The van der Waals surface area contributed by atoms with Crippen LogP contribution in [0.15, 0.2) is 36.7 Å². The number of nitrogens with zero attached hydrogens (tertiary/aromatic N) is 3. The first-order valence-corrected chi connectivity index (χ1v) is 8.23. The maximum atomic E-state index is 12.9. The van der Waals surface area contributed by atoms with Crippen LogP contribution >= 0.6 is 0 Å². The van der Waals surface area contributed by atoms with Crippen LogP contribution in [-0.4, -0.2) is 26.8 Å². The van der Waals surface area contributed by atoms with Gasteiger partial charge in [-0.05, 0) is 31.4 Å². The lowest BCUT2D eigenvalue weighted by Gasteiger charge is -2.29. The van der Waals surface area contributed by atoms with Crippen LogP contribution in [-0.2, 0) is 11.3 Å². The first-order valence-electron chi connectivity index (χ1n) is 8.23. The molecule has 2 heterocycles. The van der Waals surface area contributed by atoms with Crippen LogP contribution in [0.4, 0.5) is 19.0 Å². The third-order valence-corrected chi connectivity index (χ3v) is 4.45. The summed E-state index contributed by atoms with van der Waals surface area (Å²) >= 11 is 0. The Morgan fingerprint density at radius 3 is 2.84 bits per heavy atom. The monoisotopic (exact) mass is 352 g/mol. The van der Waals surface area contributed by atoms with Gasteiger partial charge in [-0.15, -0.1) is 0 Å². The Balaban J connectivity index is 1.58. The first-order chi connectivity index (χ1) is 11.9. The molecule has 1 saturated carbocycles. The minimum atomic E-state index is -4.23. The van der Waals surface area contributed by atoms with Gasteiger partial charge in [0.1, 0.15) is 0 Å². The highest BCUT2D eigenvalue weighted by Crippen LogP contribution is 2.40. The average Bonchev–Trinajstić information content (AvgIpc) is 3.02. The quantitative estimate of drug-likeness (QED) is 0.914. The molecule has 0 bridgehead atoms. The van der Waals surface area contributed by atoms with Crippen molar-refractivity contribution >= 4 is 11.7 Å². The summed E-state index contributed by atoms with van der Waals surface area (Å²) in [5, 5.41) is 6.86. The number of rotatable bonds is 4. The van der Waals surface area contributed by atoms with Gasteiger partial charge in [0.05, 0.1) is 18.2 Å². The number of hydrogen-bond acceptors (Lipinski definition) is 3. The van der Waals surface area contributed by atoms with Crippen molar-refractivity contribution in [3.8, 4) is 0 Å². The van der Waals surface area contributed by atoms with Gasteiger partial charge in [0, 0.05) is 24.4 Å². The molecule has 3 rings (SSSR count). The van der Waals surface area contributed by atoms with Crippen LogP contribution in [0.2, 0.25) is 0 Å². The molecule has 1 fully saturated rings. The molecule has 0 spiro atoms. The highest BCUT2D eigenvalue weighted by molar-refractivity contribution is 5.91. The number of carbonyl (C=O) groups excluding carboxylic acids is 1. The van der Waals surface area contributed by atoms with Gasteiger partial charge >= 0.3 is 6.18 Å². The molecule has 0 aromatic carbocycles. The maximum absolute atomic E-state index is 12.9. The molecule has 134 valence electrons. The van der Waals surface area contributed by atoms with Crippen LogP contribution in [0, 0.1) is 11.8 Å². The SMILES string of the molecule is O=C(Nc1ccn(Cc2ccccn2)n1)[C@@H]1CCC[C@H](C(F)(F)F)C1. The summed E-state index contributed by atoms with van der Waals surface area (Å²) in [4.78, 5) is 16.5. The number of nitrogens with one attached hydrogen (secondary N) is 1. The largest absolute Gasteiger partial charge is 0.391 e. The van der Waals surface area contributed by atoms with Gasteiger partial charge in [0.15, 0.2) is 5.82 Å². The summed E-state index contributed by atoms with van der Waals surface area (Å²) in [5.74, 6) is -2.06. The fourth-order valence-corrected chi connectivity index (χ4v) is 3.13. The molecular formula is C17H19F3N4O. The highest BCUT2D eigenvalue weighted by Gasteiger charge is 2.43. The Kier molecular flexibility index (Phi) is 5.06. The van der Waals surface area contributed by atoms with Crippen molar-refractivity contribution in [2.24, 2.45) is 11.8 Å². The maximum Gasteiger partial charge on any atom is 0.391 e. The predicted molar refractivity (Wildman–Crippen MR) is 85.7 cm³/mol.